The van der Waals surface area contributed by atoms with Gasteiger partial charge in [-0.2, -0.15) is 0 Å². The second-order valence-electron chi connectivity index (χ2n) is 4.79. The average Bonchev–Trinajstić information content (AvgIpc) is 3.03. The number of benzene rings is 2. The lowest BCUT2D eigenvalue weighted by atomic mass is 10.2. The van der Waals surface area contributed by atoms with Crippen LogP contribution in [-0.2, 0) is 16.6 Å². The number of aromatic nitrogens is 2. The van der Waals surface area contributed by atoms with Crippen LogP contribution in [0.3, 0.4) is 0 Å². The largest absolute Gasteiger partial charge is 0.419 e. The van der Waals surface area contributed by atoms with Gasteiger partial charge in [-0.1, -0.05) is 0 Å². The Hall–Kier alpha value is -2.65. The highest BCUT2D eigenvalue weighted by atomic mass is 32.2. The Balaban J connectivity index is 1.71. The highest BCUT2D eigenvalue weighted by molar-refractivity contribution is 7.89. The number of hydrogen-bond donors (Lipinski definition) is 1. The van der Waals surface area contributed by atoms with Crippen LogP contribution < -0.4 is 4.72 Å². The summed E-state index contributed by atoms with van der Waals surface area (Å²) in [5.41, 5.74) is 0.511. The van der Waals surface area contributed by atoms with Gasteiger partial charge in [0, 0.05) is 5.56 Å². The van der Waals surface area contributed by atoms with E-state index in [-0.39, 0.29) is 23.2 Å². The molecule has 0 saturated carbocycles. The summed E-state index contributed by atoms with van der Waals surface area (Å²) in [6.07, 6.45) is 0. The van der Waals surface area contributed by atoms with Crippen LogP contribution >= 0.6 is 0 Å². The minimum atomic E-state index is -3.83. The van der Waals surface area contributed by atoms with Crippen LogP contribution in [0.5, 0.6) is 0 Å². The molecule has 3 rings (SSSR count). The molecule has 0 radical (unpaired) electrons. The van der Waals surface area contributed by atoms with Gasteiger partial charge < -0.3 is 4.42 Å². The first-order valence-electron chi connectivity index (χ1n) is 6.77. The summed E-state index contributed by atoms with van der Waals surface area (Å²) in [4.78, 5) is -0.0813. The van der Waals surface area contributed by atoms with Crippen molar-refractivity contribution in [1.29, 1.82) is 0 Å². The summed E-state index contributed by atoms with van der Waals surface area (Å²) in [5, 5.41) is 7.51. The minimum Gasteiger partial charge on any atom is -0.419 e. The van der Waals surface area contributed by atoms with E-state index in [1.54, 1.807) is 0 Å². The first kappa shape index (κ1) is 16.2. The van der Waals surface area contributed by atoms with E-state index in [0.29, 0.717) is 5.56 Å². The summed E-state index contributed by atoms with van der Waals surface area (Å²) in [6.45, 7) is -0.228. The standard InChI is InChI=1S/C15H11F2N3O3S/c16-11-3-1-10(2-4-11)15-20-19-14(23-15)9-18-24(21,22)13-7-5-12(17)6-8-13/h1-8,18H,9H2. The molecule has 2 aromatic carbocycles. The van der Waals surface area contributed by atoms with Gasteiger partial charge in [0.2, 0.25) is 21.8 Å². The van der Waals surface area contributed by atoms with Gasteiger partial charge in [0.25, 0.3) is 0 Å². The van der Waals surface area contributed by atoms with Crippen LogP contribution in [0.1, 0.15) is 5.89 Å². The van der Waals surface area contributed by atoms with E-state index >= 15 is 0 Å². The summed E-state index contributed by atoms with van der Waals surface area (Å²) >= 11 is 0. The SMILES string of the molecule is O=S(=O)(NCc1nnc(-c2ccc(F)cc2)o1)c1ccc(F)cc1. The Morgan fingerprint density at radius 1 is 0.917 bits per heavy atom. The van der Waals surface area contributed by atoms with E-state index in [4.69, 9.17) is 4.42 Å². The molecule has 9 heteroatoms. The van der Waals surface area contributed by atoms with Crippen molar-refractivity contribution in [3.05, 3.63) is 66.1 Å². The van der Waals surface area contributed by atoms with Gasteiger partial charge >= 0.3 is 0 Å². The van der Waals surface area contributed by atoms with Crippen molar-refractivity contribution in [3.8, 4) is 11.5 Å². The number of hydrogen-bond acceptors (Lipinski definition) is 5. The predicted octanol–water partition coefficient (Wildman–Crippen LogP) is 2.49. The zero-order valence-corrected chi connectivity index (χ0v) is 12.9. The van der Waals surface area contributed by atoms with E-state index in [2.05, 4.69) is 14.9 Å². The Labute approximate surface area is 136 Å². The molecule has 3 aromatic rings. The molecule has 6 nitrogen and oxygen atoms in total. The molecule has 1 aromatic heterocycles. The summed E-state index contributed by atoms with van der Waals surface area (Å²) < 4.78 is 57.5. The Morgan fingerprint density at radius 2 is 1.50 bits per heavy atom. The maximum absolute atomic E-state index is 12.9. The zero-order valence-electron chi connectivity index (χ0n) is 12.1. The topological polar surface area (TPSA) is 85.1 Å². The lowest BCUT2D eigenvalue weighted by molar-refractivity contribution is 0.494. The van der Waals surface area contributed by atoms with Crippen molar-refractivity contribution in [3.63, 3.8) is 0 Å². The monoisotopic (exact) mass is 351 g/mol. The van der Waals surface area contributed by atoms with Gasteiger partial charge in [-0.3, -0.25) is 0 Å². The van der Waals surface area contributed by atoms with Crippen molar-refractivity contribution in [2.45, 2.75) is 11.4 Å². The van der Waals surface area contributed by atoms with Gasteiger partial charge in [-0.15, -0.1) is 10.2 Å². The van der Waals surface area contributed by atoms with Crippen molar-refractivity contribution in [2.75, 3.05) is 0 Å². The Morgan fingerprint density at radius 3 is 2.12 bits per heavy atom. The van der Waals surface area contributed by atoms with Crippen LogP contribution in [0.25, 0.3) is 11.5 Å². The Bertz CT molecular complexity index is 939. The molecule has 24 heavy (non-hydrogen) atoms. The fourth-order valence-electron chi connectivity index (χ4n) is 1.89. The smallest absolute Gasteiger partial charge is 0.247 e. The van der Waals surface area contributed by atoms with E-state index in [1.165, 1.54) is 24.3 Å². The quantitative estimate of drug-likeness (QED) is 0.763. The maximum Gasteiger partial charge on any atom is 0.247 e. The molecule has 0 bridgehead atoms. The number of nitrogens with zero attached hydrogens (tertiary/aromatic N) is 2. The highest BCUT2D eigenvalue weighted by Gasteiger charge is 2.16. The second kappa shape index (κ2) is 6.46. The van der Waals surface area contributed by atoms with Crippen molar-refractivity contribution in [1.82, 2.24) is 14.9 Å². The van der Waals surface area contributed by atoms with Crippen LogP contribution in [0.2, 0.25) is 0 Å². The summed E-state index contributed by atoms with van der Waals surface area (Å²) in [5.74, 6) is -0.744. The Kier molecular flexibility index (Phi) is 4.36. The van der Waals surface area contributed by atoms with E-state index < -0.39 is 21.7 Å². The fourth-order valence-corrected chi connectivity index (χ4v) is 2.86. The molecule has 0 aliphatic heterocycles. The van der Waals surface area contributed by atoms with Crippen LogP contribution in [0, 0.1) is 11.6 Å². The second-order valence-corrected chi connectivity index (χ2v) is 6.55. The fraction of sp³-hybridized carbons (Fsp3) is 0.0667. The molecule has 0 unspecified atom stereocenters. The normalized spacial score (nSPS) is 11.6. The molecule has 1 heterocycles. The molecule has 0 amide bonds. The third kappa shape index (κ3) is 3.63. The van der Waals surface area contributed by atoms with E-state index in [9.17, 15) is 17.2 Å². The lowest BCUT2D eigenvalue weighted by Gasteiger charge is -2.04. The third-order valence-electron chi connectivity index (χ3n) is 3.10. The van der Waals surface area contributed by atoms with E-state index in [0.717, 1.165) is 24.3 Å². The molecular weight excluding hydrogens is 340 g/mol. The molecule has 0 aliphatic rings. The van der Waals surface area contributed by atoms with Gasteiger partial charge in [0.15, 0.2) is 0 Å². The number of halogens is 2. The molecule has 124 valence electrons. The molecule has 0 fully saturated rings. The van der Waals surface area contributed by atoms with Crippen LogP contribution in [0.4, 0.5) is 8.78 Å². The van der Waals surface area contributed by atoms with Gasteiger partial charge in [0.05, 0.1) is 11.4 Å². The third-order valence-corrected chi connectivity index (χ3v) is 4.51. The first-order chi connectivity index (χ1) is 11.4. The zero-order chi connectivity index (χ0) is 17.2. The van der Waals surface area contributed by atoms with Crippen LogP contribution in [0.15, 0.2) is 57.8 Å². The first-order valence-corrected chi connectivity index (χ1v) is 8.26. The number of rotatable bonds is 5. The molecule has 0 spiro atoms. The summed E-state index contributed by atoms with van der Waals surface area (Å²) in [7, 11) is -3.83. The number of nitrogens with one attached hydrogen (secondary N) is 1. The predicted molar refractivity (Wildman–Crippen MR) is 80.1 cm³/mol. The number of sulfonamides is 1. The van der Waals surface area contributed by atoms with Gasteiger partial charge in [0.1, 0.15) is 11.6 Å². The average molecular weight is 351 g/mol. The molecular formula is C15H11F2N3O3S. The molecule has 0 aliphatic carbocycles. The van der Waals surface area contributed by atoms with Crippen molar-refractivity contribution >= 4 is 10.0 Å². The van der Waals surface area contributed by atoms with Crippen molar-refractivity contribution < 1.29 is 21.6 Å². The lowest BCUT2D eigenvalue weighted by Crippen LogP contribution is -2.23. The van der Waals surface area contributed by atoms with Gasteiger partial charge in [-0.25, -0.2) is 21.9 Å². The molecule has 0 atom stereocenters. The van der Waals surface area contributed by atoms with Crippen LogP contribution in [-0.4, -0.2) is 18.6 Å². The summed E-state index contributed by atoms with van der Waals surface area (Å²) in [6, 6.07) is 9.82. The molecule has 1 N–H and O–H groups in total. The highest BCUT2D eigenvalue weighted by Crippen LogP contribution is 2.18. The maximum atomic E-state index is 12.9. The molecule has 0 saturated heterocycles. The minimum absolute atomic E-state index is 0.0417. The van der Waals surface area contributed by atoms with Crippen molar-refractivity contribution in [2.24, 2.45) is 0 Å². The van der Waals surface area contributed by atoms with E-state index in [1.807, 2.05) is 0 Å². The van der Waals surface area contributed by atoms with Gasteiger partial charge in [-0.05, 0) is 48.5 Å².